The van der Waals surface area contributed by atoms with Gasteiger partial charge in [-0.3, -0.25) is 0 Å². The third-order valence-corrected chi connectivity index (χ3v) is 2.30. The minimum atomic E-state index is -4.41. The van der Waals surface area contributed by atoms with Crippen LogP contribution in [0.2, 0.25) is 0 Å². The molecule has 0 saturated carbocycles. The highest BCUT2D eigenvalue weighted by atomic mass is 19.4. The van der Waals surface area contributed by atoms with Crippen LogP contribution >= 0.6 is 0 Å². The molecule has 0 aromatic heterocycles. The topological polar surface area (TPSA) is 38.7 Å². The van der Waals surface area contributed by atoms with Crippen LogP contribution < -0.4 is 0 Å². The summed E-state index contributed by atoms with van der Waals surface area (Å²) in [6, 6.07) is 0. The molecule has 3 nitrogen and oxygen atoms in total. The summed E-state index contributed by atoms with van der Waals surface area (Å²) in [5, 5.41) is 8.55. The van der Waals surface area contributed by atoms with Crippen molar-refractivity contribution in [1.82, 2.24) is 0 Å². The number of hydrogen-bond acceptors (Lipinski definition) is 3. The van der Waals surface area contributed by atoms with E-state index in [1.807, 2.05) is 0 Å². The largest absolute Gasteiger partial charge is 0.396 e. The molecule has 0 aromatic rings. The SMILES string of the molecule is OC[C@@H](COC1CCCCO1)C(F)(F)F. The summed E-state index contributed by atoms with van der Waals surface area (Å²) in [5.74, 6) is -1.82. The minimum Gasteiger partial charge on any atom is -0.396 e. The second kappa shape index (κ2) is 5.67. The fourth-order valence-corrected chi connectivity index (χ4v) is 1.32. The van der Waals surface area contributed by atoms with E-state index in [1.54, 1.807) is 0 Å². The Kier molecular flexibility index (Phi) is 4.82. The van der Waals surface area contributed by atoms with Gasteiger partial charge in [-0.05, 0) is 19.3 Å². The first kappa shape index (κ1) is 12.7. The first-order chi connectivity index (χ1) is 7.04. The summed E-state index contributed by atoms with van der Waals surface area (Å²) >= 11 is 0. The molecule has 15 heavy (non-hydrogen) atoms. The normalized spacial score (nSPS) is 25.2. The zero-order valence-electron chi connectivity index (χ0n) is 8.29. The Bertz CT molecular complexity index is 178. The van der Waals surface area contributed by atoms with E-state index in [-0.39, 0.29) is 0 Å². The number of alkyl halides is 3. The van der Waals surface area contributed by atoms with E-state index in [9.17, 15) is 13.2 Å². The third-order valence-electron chi connectivity index (χ3n) is 2.30. The highest BCUT2D eigenvalue weighted by Gasteiger charge is 2.39. The van der Waals surface area contributed by atoms with Gasteiger partial charge in [-0.2, -0.15) is 13.2 Å². The maximum Gasteiger partial charge on any atom is 0.396 e. The van der Waals surface area contributed by atoms with Gasteiger partial charge < -0.3 is 14.6 Å². The molecular weight excluding hydrogens is 213 g/mol. The first-order valence-electron chi connectivity index (χ1n) is 4.95. The summed E-state index contributed by atoms with van der Waals surface area (Å²) in [4.78, 5) is 0. The molecule has 0 bridgehead atoms. The van der Waals surface area contributed by atoms with Crippen LogP contribution in [0.3, 0.4) is 0 Å². The van der Waals surface area contributed by atoms with Gasteiger partial charge in [-0.15, -0.1) is 0 Å². The number of aliphatic hydroxyl groups excluding tert-OH is 1. The Morgan fingerprint density at radius 3 is 2.60 bits per heavy atom. The Morgan fingerprint density at radius 2 is 2.13 bits per heavy atom. The van der Waals surface area contributed by atoms with Gasteiger partial charge in [0, 0.05) is 6.61 Å². The lowest BCUT2D eigenvalue weighted by Crippen LogP contribution is -2.33. The number of halogens is 3. The quantitative estimate of drug-likeness (QED) is 0.796. The van der Waals surface area contributed by atoms with Gasteiger partial charge >= 0.3 is 6.18 Å². The van der Waals surface area contributed by atoms with Crippen LogP contribution in [-0.2, 0) is 9.47 Å². The summed E-state index contributed by atoms with van der Waals surface area (Å²) in [5.41, 5.74) is 0. The van der Waals surface area contributed by atoms with Gasteiger partial charge in [0.2, 0.25) is 0 Å². The second-order valence-electron chi connectivity index (χ2n) is 3.55. The zero-order valence-corrected chi connectivity index (χ0v) is 8.29. The second-order valence-corrected chi connectivity index (χ2v) is 3.55. The van der Waals surface area contributed by atoms with Gasteiger partial charge in [0.25, 0.3) is 0 Å². The van der Waals surface area contributed by atoms with Crippen molar-refractivity contribution in [3.8, 4) is 0 Å². The Hall–Kier alpha value is -0.330. The van der Waals surface area contributed by atoms with E-state index >= 15 is 0 Å². The zero-order chi connectivity index (χ0) is 11.3. The molecule has 1 aliphatic heterocycles. The molecule has 90 valence electrons. The fraction of sp³-hybridized carbons (Fsp3) is 1.00. The predicted molar refractivity (Wildman–Crippen MR) is 46.2 cm³/mol. The van der Waals surface area contributed by atoms with Crippen molar-refractivity contribution in [3.05, 3.63) is 0 Å². The molecule has 1 unspecified atom stereocenters. The van der Waals surface area contributed by atoms with Crippen LogP contribution in [0.15, 0.2) is 0 Å². The van der Waals surface area contributed by atoms with Gasteiger partial charge in [-0.1, -0.05) is 0 Å². The monoisotopic (exact) mass is 228 g/mol. The molecular formula is C9H15F3O3. The lowest BCUT2D eigenvalue weighted by molar-refractivity contribution is -0.227. The van der Waals surface area contributed by atoms with Crippen molar-refractivity contribution >= 4 is 0 Å². The summed E-state index contributed by atoms with van der Waals surface area (Å²) in [6.45, 7) is -0.957. The number of ether oxygens (including phenoxy) is 2. The van der Waals surface area contributed by atoms with Crippen molar-refractivity contribution in [2.24, 2.45) is 5.92 Å². The number of aliphatic hydroxyl groups is 1. The van der Waals surface area contributed by atoms with Crippen molar-refractivity contribution < 1.29 is 27.8 Å². The fourth-order valence-electron chi connectivity index (χ4n) is 1.32. The molecule has 0 spiro atoms. The molecule has 1 aliphatic rings. The van der Waals surface area contributed by atoms with Crippen molar-refractivity contribution in [2.45, 2.75) is 31.7 Å². The van der Waals surface area contributed by atoms with Gasteiger partial charge in [0.05, 0.1) is 13.2 Å². The standard InChI is InChI=1S/C9H15F3O3/c10-9(11,12)7(5-13)6-15-8-3-1-2-4-14-8/h7-8,13H,1-6H2/t7-,8?/m0/s1. The smallest absolute Gasteiger partial charge is 0.396 e. The Morgan fingerprint density at radius 1 is 1.40 bits per heavy atom. The molecule has 6 heteroatoms. The van der Waals surface area contributed by atoms with Gasteiger partial charge in [-0.25, -0.2) is 0 Å². The lowest BCUT2D eigenvalue weighted by Gasteiger charge is -2.25. The Labute approximate surface area is 86.2 Å². The van der Waals surface area contributed by atoms with Gasteiger partial charge in [0.1, 0.15) is 5.92 Å². The predicted octanol–water partition coefficient (Wildman–Crippen LogP) is 1.70. The van der Waals surface area contributed by atoms with E-state index < -0.39 is 31.6 Å². The maximum atomic E-state index is 12.2. The highest BCUT2D eigenvalue weighted by molar-refractivity contribution is 4.66. The lowest BCUT2D eigenvalue weighted by atomic mass is 10.1. The molecule has 1 N–H and O–H groups in total. The molecule has 2 atom stereocenters. The molecule has 0 aromatic carbocycles. The molecule has 0 amide bonds. The van der Waals surface area contributed by atoms with E-state index in [0.29, 0.717) is 13.0 Å². The van der Waals surface area contributed by atoms with Crippen LogP contribution in [0.5, 0.6) is 0 Å². The summed E-state index contributed by atoms with van der Waals surface area (Å²) in [6.07, 6.45) is -2.52. The van der Waals surface area contributed by atoms with E-state index in [1.165, 1.54) is 0 Å². The highest BCUT2D eigenvalue weighted by Crippen LogP contribution is 2.27. The van der Waals surface area contributed by atoms with E-state index in [0.717, 1.165) is 12.8 Å². The average molecular weight is 228 g/mol. The Balaban J connectivity index is 2.27. The maximum absolute atomic E-state index is 12.2. The average Bonchev–Trinajstić information content (AvgIpc) is 2.18. The summed E-state index contributed by atoms with van der Waals surface area (Å²) < 4.78 is 46.7. The van der Waals surface area contributed by atoms with E-state index in [4.69, 9.17) is 14.6 Å². The van der Waals surface area contributed by atoms with Gasteiger partial charge in [0.15, 0.2) is 6.29 Å². The first-order valence-corrected chi connectivity index (χ1v) is 4.95. The van der Waals surface area contributed by atoms with Crippen LogP contribution in [0.4, 0.5) is 13.2 Å². The van der Waals surface area contributed by atoms with Crippen LogP contribution in [0, 0.1) is 5.92 Å². The molecule has 0 radical (unpaired) electrons. The summed E-state index contributed by atoms with van der Waals surface area (Å²) in [7, 11) is 0. The van der Waals surface area contributed by atoms with Crippen molar-refractivity contribution in [3.63, 3.8) is 0 Å². The molecule has 1 saturated heterocycles. The number of rotatable bonds is 4. The third kappa shape index (κ3) is 4.36. The molecule has 0 aliphatic carbocycles. The number of hydrogen-bond donors (Lipinski definition) is 1. The van der Waals surface area contributed by atoms with Crippen LogP contribution in [0.1, 0.15) is 19.3 Å². The van der Waals surface area contributed by atoms with E-state index in [2.05, 4.69) is 0 Å². The molecule has 1 heterocycles. The molecule has 1 fully saturated rings. The minimum absolute atomic E-state index is 0.528. The van der Waals surface area contributed by atoms with Crippen molar-refractivity contribution in [1.29, 1.82) is 0 Å². The van der Waals surface area contributed by atoms with Crippen LogP contribution in [-0.4, -0.2) is 37.4 Å². The van der Waals surface area contributed by atoms with Crippen molar-refractivity contribution in [2.75, 3.05) is 19.8 Å². The van der Waals surface area contributed by atoms with Crippen LogP contribution in [0.25, 0.3) is 0 Å². The molecule has 1 rings (SSSR count).